The predicted octanol–water partition coefficient (Wildman–Crippen LogP) is 1.44. The van der Waals surface area contributed by atoms with Crippen LogP contribution in [-0.4, -0.2) is 57.4 Å². The van der Waals surface area contributed by atoms with E-state index < -0.39 is 0 Å². The Balaban J connectivity index is 1.26. The van der Waals surface area contributed by atoms with Crippen LogP contribution >= 0.6 is 22.6 Å². The second kappa shape index (κ2) is 8.30. The summed E-state index contributed by atoms with van der Waals surface area (Å²) in [6.45, 7) is 1.09. The van der Waals surface area contributed by atoms with Gasteiger partial charge in [0.25, 0.3) is 5.91 Å². The Morgan fingerprint density at radius 2 is 1.85 bits per heavy atom. The third-order valence-electron chi connectivity index (χ3n) is 4.61. The number of carbonyl (C=O) groups excluding carboxylic acids is 1. The summed E-state index contributed by atoms with van der Waals surface area (Å²) < 4.78 is 6.15. The predicted molar refractivity (Wildman–Crippen MR) is 108 cm³/mol. The minimum absolute atomic E-state index is 0.0580. The second-order valence-corrected chi connectivity index (χ2v) is 7.98. The third kappa shape index (κ3) is 4.80. The summed E-state index contributed by atoms with van der Waals surface area (Å²) >= 11 is 2.24. The van der Waals surface area contributed by atoms with E-state index in [-0.39, 0.29) is 23.7 Å². The quantitative estimate of drug-likeness (QED) is 0.532. The van der Waals surface area contributed by atoms with Crippen molar-refractivity contribution in [3.63, 3.8) is 0 Å². The van der Waals surface area contributed by atoms with Crippen LogP contribution in [0.5, 0.6) is 0 Å². The molecule has 1 amide bonds. The average Bonchev–Trinajstić information content (AvgIpc) is 3.07. The van der Waals surface area contributed by atoms with Crippen molar-refractivity contribution in [1.82, 2.24) is 25.5 Å². The summed E-state index contributed by atoms with van der Waals surface area (Å²) in [5, 5.41) is 17.6. The number of halogens is 1. The summed E-state index contributed by atoms with van der Waals surface area (Å²) in [5.41, 5.74) is 0.211. The molecule has 1 saturated heterocycles. The molecule has 1 aliphatic heterocycles. The molecule has 1 saturated carbocycles. The lowest BCUT2D eigenvalue weighted by Gasteiger charge is -2.26. The molecule has 2 aromatic heterocycles. The Morgan fingerprint density at radius 1 is 1.04 bits per heavy atom. The highest BCUT2D eigenvalue weighted by molar-refractivity contribution is 14.1. The van der Waals surface area contributed by atoms with E-state index in [9.17, 15) is 4.79 Å². The minimum Gasteiger partial charge on any atom is -0.377 e. The molecule has 0 bridgehead atoms. The first-order chi connectivity index (χ1) is 13.2. The molecule has 0 spiro atoms. The molecule has 3 heterocycles. The molecule has 3 N–H and O–H groups in total. The number of nitrogens with zero attached hydrogens (tertiary/aromatic N) is 4. The maximum atomic E-state index is 12.0. The molecule has 0 aromatic carbocycles. The number of amides is 1. The van der Waals surface area contributed by atoms with Crippen LogP contribution in [0.25, 0.3) is 0 Å². The van der Waals surface area contributed by atoms with Gasteiger partial charge in [-0.25, -0.2) is 9.97 Å². The van der Waals surface area contributed by atoms with E-state index in [1.165, 1.54) is 6.20 Å². The number of ether oxygens (including phenoxy) is 1. The van der Waals surface area contributed by atoms with Gasteiger partial charge in [0, 0.05) is 21.9 Å². The van der Waals surface area contributed by atoms with Crippen LogP contribution in [0.1, 0.15) is 29.8 Å². The van der Waals surface area contributed by atoms with E-state index in [1.54, 1.807) is 0 Å². The molecule has 27 heavy (non-hydrogen) atoms. The Bertz CT molecular complexity index is 783. The van der Waals surface area contributed by atoms with E-state index in [4.69, 9.17) is 4.74 Å². The number of anilines is 2. The van der Waals surface area contributed by atoms with Crippen molar-refractivity contribution in [1.29, 1.82) is 0 Å². The minimum atomic E-state index is -0.273. The van der Waals surface area contributed by atoms with Crippen molar-refractivity contribution in [2.75, 3.05) is 23.8 Å². The number of nitrogens with one attached hydrogen (secondary N) is 3. The normalized spacial score (nSPS) is 22.1. The number of rotatable bonds is 6. The highest BCUT2D eigenvalue weighted by Crippen LogP contribution is 2.24. The van der Waals surface area contributed by atoms with Crippen LogP contribution < -0.4 is 16.0 Å². The molecule has 1 aliphatic carbocycles. The summed E-state index contributed by atoms with van der Waals surface area (Å²) in [5.74, 6) is 1.06. The zero-order valence-corrected chi connectivity index (χ0v) is 16.7. The van der Waals surface area contributed by atoms with Gasteiger partial charge in [0.1, 0.15) is 5.82 Å². The number of hydrogen-bond donors (Lipinski definition) is 3. The summed E-state index contributed by atoms with van der Waals surface area (Å²) in [6.07, 6.45) is 6.30. The van der Waals surface area contributed by atoms with Crippen LogP contribution in [0.4, 0.5) is 11.8 Å². The van der Waals surface area contributed by atoms with E-state index >= 15 is 0 Å². The standard InChI is InChI=1S/C17H20IN7O2/c18-10-1-4-15(19-6-10)21-11-2-3-12(5-11)23-17-20-7-14(24-25-17)16(26)22-13-8-27-9-13/h1,4,6-7,11-13H,2-3,5,8-9H2,(H,19,21)(H,22,26)(H,20,23,25)/t11-,12-/m0/s1. The van der Waals surface area contributed by atoms with Gasteiger partial charge < -0.3 is 20.7 Å². The fraction of sp³-hybridized carbons (Fsp3) is 0.471. The summed E-state index contributed by atoms with van der Waals surface area (Å²) in [6, 6.07) is 4.71. The van der Waals surface area contributed by atoms with Gasteiger partial charge in [-0.3, -0.25) is 4.79 Å². The van der Waals surface area contributed by atoms with E-state index in [2.05, 4.69) is 58.7 Å². The van der Waals surface area contributed by atoms with Gasteiger partial charge in [-0.2, -0.15) is 0 Å². The topological polar surface area (TPSA) is 114 Å². The van der Waals surface area contributed by atoms with Crippen LogP contribution in [0, 0.1) is 3.57 Å². The molecule has 0 unspecified atom stereocenters. The molecule has 2 aromatic rings. The van der Waals surface area contributed by atoms with Gasteiger partial charge in [0.05, 0.1) is 25.5 Å². The van der Waals surface area contributed by atoms with Crippen LogP contribution in [0.3, 0.4) is 0 Å². The Kier molecular flexibility index (Phi) is 5.62. The van der Waals surface area contributed by atoms with Gasteiger partial charge in [-0.05, 0) is 54.0 Å². The molecule has 4 rings (SSSR count). The second-order valence-electron chi connectivity index (χ2n) is 6.73. The number of aromatic nitrogens is 4. The van der Waals surface area contributed by atoms with E-state index in [1.807, 2.05) is 18.3 Å². The van der Waals surface area contributed by atoms with Gasteiger partial charge in [0.2, 0.25) is 5.95 Å². The summed E-state index contributed by atoms with van der Waals surface area (Å²) in [7, 11) is 0. The molecule has 142 valence electrons. The fourth-order valence-electron chi connectivity index (χ4n) is 3.12. The monoisotopic (exact) mass is 481 g/mol. The lowest BCUT2D eigenvalue weighted by molar-refractivity contribution is -0.00357. The smallest absolute Gasteiger partial charge is 0.273 e. The van der Waals surface area contributed by atoms with Crippen molar-refractivity contribution < 1.29 is 9.53 Å². The molecule has 10 heteroatoms. The van der Waals surface area contributed by atoms with Crippen molar-refractivity contribution >= 4 is 40.3 Å². The van der Waals surface area contributed by atoms with Crippen LogP contribution in [0.15, 0.2) is 24.5 Å². The SMILES string of the molecule is O=C(NC1COC1)c1cnc(N[C@H]2CC[C@H](Nc3ccc(I)cn3)C2)nn1. The lowest BCUT2D eigenvalue weighted by Crippen LogP contribution is -2.48. The lowest BCUT2D eigenvalue weighted by atomic mass is 10.2. The molecule has 9 nitrogen and oxygen atoms in total. The van der Waals surface area contributed by atoms with Gasteiger partial charge in [-0.1, -0.05) is 0 Å². The Hall–Kier alpha value is -2.08. The van der Waals surface area contributed by atoms with Crippen LogP contribution in [-0.2, 0) is 4.74 Å². The van der Waals surface area contributed by atoms with Crippen molar-refractivity contribution in [2.24, 2.45) is 0 Å². The first kappa shape index (κ1) is 18.3. The average molecular weight is 481 g/mol. The van der Waals surface area contributed by atoms with Crippen molar-refractivity contribution in [3.05, 3.63) is 33.8 Å². The molecule has 0 radical (unpaired) electrons. The zero-order chi connectivity index (χ0) is 18.6. The summed E-state index contributed by atoms with van der Waals surface area (Å²) in [4.78, 5) is 20.6. The van der Waals surface area contributed by atoms with Crippen molar-refractivity contribution in [2.45, 2.75) is 37.4 Å². The van der Waals surface area contributed by atoms with Crippen LogP contribution in [0.2, 0.25) is 0 Å². The fourth-order valence-corrected chi connectivity index (χ4v) is 3.44. The van der Waals surface area contributed by atoms with E-state index in [0.29, 0.717) is 25.2 Å². The highest BCUT2D eigenvalue weighted by atomic mass is 127. The first-order valence-electron chi connectivity index (χ1n) is 8.88. The maximum Gasteiger partial charge on any atom is 0.273 e. The number of carbonyl (C=O) groups is 1. The van der Waals surface area contributed by atoms with Crippen molar-refractivity contribution in [3.8, 4) is 0 Å². The highest BCUT2D eigenvalue weighted by Gasteiger charge is 2.26. The molecule has 2 aliphatic rings. The van der Waals surface area contributed by atoms with Gasteiger partial charge in [0.15, 0.2) is 5.69 Å². The van der Waals surface area contributed by atoms with Gasteiger partial charge in [-0.15, -0.1) is 10.2 Å². The largest absolute Gasteiger partial charge is 0.377 e. The molecule has 2 fully saturated rings. The molecule has 2 atom stereocenters. The number of hydrogen-bond acceptors (Lipinski definition) is 8. The van der Waals surface area contributed by atoms with E-state index in [0.717, 1.165) is 28.7 Å². The zero-order valence-electron chi connectivity index (χ0n) is 14.6. The first-order valence-corrected chi connectivity index (χ1v) is 9.96. The molecular weight excluding hydrogens is 461 g/mol. The molecular formula is C17H20IN7O2. The Morgan fingerprint density at radius 3 is 2.48 bits per heavy atom. The van der Waals surface area contributed by atoms with Gasteiger partial charge >= 0.3 is 0 Å². The Labute approximate surface area is 170 Å². The number of pyridine rings is 1. The maximum absolute atomic E-state index is 12.0. The third-order valence-corrected chi connectivity index (χ3v) is 5.25.